The lowest BCUT2D eigenvalue weighted by Gasteiger charge is -2.21. The Kier molecular flexibility index (Phi) is 5.38. The molecule has 0 aliphatic carbocycles. The first-order valence-electron chi connectivity index (χ1n) is 6.03. The number of anilines is 1. The summed E-state index contributed by atoms with van der Waals surface area (Å²) in [7, 11) is 6.15. The van der Waals surface area contributed by atoms with Crippen molar-refractivity contribution in [2.45, 2.75) is 20.0 Å². The summed E-state index contributed by atoms with van der Waals surface area (Å²) in [6.07, 6.45) is 0.891. The van der Waals surface area contributed by atoms with E-state index in [2.05, 4.69) is 35.8 Å². The number of aliphatic hydroxyl groups excluding tert-OH is 1. The maximum absolute atomic E-state index is 9.23. The molecule has 96 valence electrons. The van der Waals surface area contributed by atoms with Crippen LogP contribution in [0.15, 0.2) is 12.1 Å². The third-order valence-electron chi connectivity index (χ3n) is 2.74. The number of pyridine rings is 1. The number of hydrogen-bond donors (Lipinski definition) is 1. The van der Waals surface area contributed by atoms with Crippen LogP contribution in [0.25, 0.3) is 0 Å². The van der Waals surface area contributed by atoms with Gasteiger partial charge in [-0.15, -0.1) is 0 Å². The van der Waals surface area contributed by atoms with Gasteiger partial charge >= 0.3 is 0 Å². The summed E-state index contributed by atoms with van der Waals surface area (Å²) in [5.41, 5.74) is 1.96. The monoisotopic (exact) mass is 237 g/mol. The van der Waals surface area contributed by atoms with Crippen LogP contribution in [0.5, 0.6) is 0 Å². The van der Waals surface area contributed by atoms with E-state index < -0.39 is 0 Å². The summed E-state index contributed by atoms with van der Waals surface area (Å²) in [6, 6.07) is 3.91. The molecule has 0 amide bonds. The highest BCUT2D eigenvalue weighted by molar-refractivity contribution is 5.41. The highest BCUT2D eigenvalue weighted by atomic mass is 16.3. The van der Waals surface area contributed by atoms with Crippen molar-refractivity contribution in [1.82, 2.24) is 9.88 Å². The van der Waals surface area contributed by atoms with E-state index >= 15 is 0 Å². The molecule has 4 heteroatoms. The van der Waals surface area contributed by atoms with Crippen molar-refractivity contribution >= 4 is 5.82 Å². The maximum Gasteiger partial charge on any atom is 0.128 e. The standard InChI is InChI=1S/C13H23N3O/c1-5-12-8-11(10-17)9-13(14-12)16(4)7-6-15(2)3/h8-9,17H,5-7,10H2,1-4H3. The molecule has 0 radical (unpaired) electrons. The summed E-state index contributed by atoms with van der Waals surface area (Å²) in [6.45, 7) is 4.07. The van der Waals surface area contributed by atoms with Crippen LogP contribution in [0.1, 0.15) is 18.2 Å². The first-order valence-corrected chi connectivity index (χ1v) is 6.03. The van der Waals surface area contributed by atoms with Crippen LogP contribution in [-0.2, 0) is 13.0 Å². The maximum atomic E-state index is 9.23. The Hall–Kier alpha value is -1.13. The van der Waals surface area contributed by atoms with E-state index in [1.807, 2.05) is 19.2 Å². The van der Waals surface area contributed by atoms with Crippen molar-refractivity contribution in [1.29, 1.82) is 0 Å². The molecule has 0 spiro atoms. The molecule has 1 heterocycles. The van der Waals surface area contributed by atoms with Gasteiger partial charge in [0, 0.05) is 25.8 Å². The van der Waals surface area contributed by atoms with E-state index in [9.17, 15) is 5.11 Å². The zero-order valence-corrected chi connectivity index (χ0v) is 11.3. The Morgan fingerprint density at radius 2 is 1.88 bits per heavy atom. The lowest BCUT2D eigenvalue weighted by Crippen LogP contribution is -2.29. The minimum atomic E-state index is 0.0735. The van der Waals surface area contributed by atoms with Gasteiger partial charge in [0.1, 0.15) is 5.82 Å². The highest BCUT2D eigenvalue weighted by Gasteiger charge is 2.06. The molecule has 1 aromatic heterocycles. The minimum absolute atomic E-state index is 0.0735. The fourth-order valence-corrected chi connectivity index (χ4v) is 1.57. The highest BCUT2D eigenvalue weighted by Crippen LogP contribution is 2.14. The van der Waals surface area contributed by atoms with E-state index in [1.54, 1.807) is 0 Å². The third-order valence-corrected chi connectivity index (χ3v) is 2.74. The molecule has 0 bridgehead atoms. The van der Waals surface area contributed by atoms with Crippen LogP contribution < -0.4 is 4.90 Å². The van der Waals surface area contributed by atoms with Crippen LogP contribution in [0.3, 0.4) is 0 Å². The summed E-state index contributed by atoms with van der Waals surface area (Å²) < 4.78 is 0. The molecule has 0 aromatic carbocycles. The van der Waals surface area contributed by atoms with Gasteiger partial charge in [0.05, 0.1) is 6.61 Å². The van der Waals surface area contributed by atoms with Crippen molar-refractivity contribution in [3.8, 4) is 0 Å². The second kappa shape index (κ2) is 6.57. The first kappa shape index (κ1) is 13.9. The average molecular weight is 237 g/mol. The molecule has 0 saturated heterocycles. The van der Waals surface area contributed by atoms with Crippen LogP contribution in [0, 0.1) is 0 Å². The largest absolute Gasteiger partial charge is 0.392 e. The van der Waals surface area contributed by atoms with Gasteiger partial charge in [-0.2, -0.15) is 0 Å². The molecule has 1 aromatic rings. The van der Waals surface area contributed by atoms with Crippen molar-refractivity contribution in [3.05, 3.63) is 23.4 Å². The topological polar surface area (TPSA) is 39.6 Å². The predicted octanol–water partition coefficient (Wildman–Crippen LogP) is 1.13. The second-order valence-corrected chi connectivity index (χ2v) is 4.56. The Morgan fingerprint density at radius 1 is 1.18 bits per heavy atom. The molecular weight excluding hydrogens is 214 g/mol. The van der Waals surface area contributed by atoms with E-state index in [0.29, 0.717) is 0 Å². The van der Waals surface area contributed by atoms with Gasteiger partial charge in [-0.05, 0) is 38.2 Å². The number of likely N-dealkylation sites (N-methyl/N-ethyl adjacent to an activating group) is 2. The number of aryl methyl sites for hydroxylation is 1. The molecular formula is C13H23N3O. The quantitative estimate of drug-likeness (QED) is 0.805. The zero-order chi connectivity index (χ0) is 12.8. The number of aromatic nitrogens is 1. The molecule has 0 aliphatic heterocycles. The van der Waals surface area contributed by atoms with Crippen molar-refractivity contribution in [3.63, 3.8) is 0 Å². The Bertz CT molecular complexity index is 330. The first-order chi connectivity index (χ1) is 8.06. The lowest BCUT2D eigenvalue weighted by atomic mass is 10.2. The minimum Gasteiger partial charge on any atom is -0.392 e. The summed E-state index contributed by atoms with van der Waals surface area (Å²) >= 11 is 0. The van der Waals surface area contributed by atoms with E-state index in [1.165, 1.54) is 0 Å². The van der Waals surface area contributed by atoms with Crippen LogP contribution in [-0.4, -0.2) is 49.2 Å². The third kappa shape index (κ3) is 4.32. The Balaban J connectivity index is 2.80. The number of hydrogen-bond acceptors (Lipinski definition) is 4. The average Bonchev–Trinajstić information content (AvgIpc) is 2.34. The number of rotatable bonds is 6. The van der Waals surface area contributed by atoms with Crippen LogP contribution in [0.2, 0.25) is 0 Å². The fourth-order valence-electron chi connectivity index (χ4n) is 1.57. The smallest absolute Gasteiger partial charge is 0.128 e. The SMILES string of the molecule is CCc1cc(CO)cc(N(C)CCN(C)C)n1. The Labute approximate surface area is 104 Å². The van der Waals surface area contributed by atoms with Gasteiger partial charge in [-0.3, -0.25) is 0 Å². The molecule has 0 unspecified atom stereocenters. The zero-order valence-electron chi connectivity index (χ0n) is 11.3. The van der Waals surface area contributed by atoms with Gasteiger partial charge in [0.2, 0.25) is 0 Å². The van der Waals surface area contributed by atoms with Gasteiger partial charge in [-0.1, -0.05) is 6.92 Å². The normalized spacial score (nSPS) is 10.9. The van der Waals surface area contributed by atoms with E-state index in [-0.39, 0.29) is 6.61 Å². The van der Waals surface area contributed by atoms with Crippen molar-refractivity contribution < 1.29 is 5.11 Å². The van der Waals surface area contributed by atoms with E-state index in [4.69, 9.17) is 0 Å². The predicted molar refractivity (Wildman–Crippen MR) is 71.4 cm³/mol. The number of nitrogens with zero attached hydrogens (tertiary/aromatic N) is 3. The second-order valence-electron chi connectivity index (χ2n) is 4.56. The van der Waals surface area contributed by atoms with Crippen LogP contribution >= 0.6 is 0 Å². The summed E-state index contributed by atoms with van der Waals surface area (Å²) in [5, 5.41) is 9.23. The Morgan fingerprint density at radius 3 is 2.41 bits per heavy atom. The molecule has 0 fully saturated rings. The molecule has 4 nitrogen and oxygen atoms in total. The van der Waals surface area contributed by atoms with Gasteiger partial charge in [-0.25, -0.2) is 4.98 Å². The molecule has 0 saturated carbocycles. The lowest BCUT2D eigenvalue weighted by molar-refractivity contribution is 0.281. The van der Waals surface area contributed by atoms with Gasteiger partial charge in [0.15, 0.2) is 0 Å². The molecule has 0 atom stereocenters. The van der Waals surface area contributed by atoms with Crippen molar-refractivity contribution in [2.24, 2.45) is 0 Å². The van der Waals surface area contributed by atoms with Crippen LogP contribution in [0.4, 0.5) is 5.82 Å². The molecule has 0 aliphatic rings. The van der Waals surface area contributed by atoms with E-state index in [0.717, 1.165) is 36.6 Å². The summed E-state index contributed by atoms with van der Waals surface area (Å²) in [5.74, 6) is 0.940. The molecule has 17 heavy (non-hydrogen) atoms. The van der Waals surface area contributed by atoms with Gasteiger partial charge < -0.3 is 14.9 Å². The molecule has 1 N–H and O–H groups in total. The fraction of sp³-hybridized carbons (Fsp3) is 0.615. The summed E-state index contributed by atoms with van der Waals surface area (Å²) in [4.78, 5) is 8.84. The van der Waals surface area contributed by atoms with Gasteiger partial charge in [0.25, 0.3) is 0 Å². The van der Waals surface area contributed by atoms with Crippen molar-refractivity contribution in [2.75, 3.05) is 39.1 Å². The molecule has 1 rings (SSSR count). The number of aliphatic hydroxyl groups is 1.